The molecule has 0 spiro atoms. The fraction of sp³-hybridized carbons (Fsp3) is 0.235. The largest absolute Gasteiger partial charge is 0.495 e. The van der Waals surface area contributed by atoms with E-state index >= 15 is 0 Å². The first-order valence-electron chi connectivity index (χ1n) is 13.4. The maximum atomic E-state index is 13.8. The van der Waals surface area contributed by atoms with Crippen LogP contribution in [0.5, 0.6) is 5.75 Å². The predicted octanol–water partition coefficient (Wildman–Crippen LogP) is 6.51. The van der Waals surface area contributed by atoms with Gasteiger partial charge in [-0.1, -0.05) is 54.6 Å². The van der Waals surface area contributed by atoms with Crippen LogP contribution in [0, 0.1) is 6.92 Å². The van der Waals surface area contributed by atoms with E-state index in [1.807, 2.05) is 55.6 Å². The number of methoxy groups -OCH3 is 1. The molecule has 6 rings (SSSR count). The van der Waals surface area contributed by atoms with Crippen LogP contribution in [0.3, 0.4) is 0 Å². The number of carbonyl (C=O) groups excluding carboxylic acids is 1. The molecule has 2 aliphatic rings. The highest BCUT2D eigenvalue weighted by Gasteiger charge is 2.47. The van der Waals surface area contributed by atoms with Crippen LogP contribution in [0.25, 0.3) is 16.5 Å². The minimum atomic E-state index is -0.291. The van der Waals surface area contributed by atoms with Crippen molar-refractivity contribution in [1.29, 1.82) is 0 Å². The predicted molar refractivity (Wildman–Crippen MR) is 156 cm³/mol. The van der Waals surface area contributed by atoms with Crippen LogP contribution in [0.1, 0.15) is 30.7 Å². The average Bonchev–Trinajstić information content (AvgIpc) is 3.32. The van der Waals surface area contributed by atoms with Crippen molar-refractivity contribution in [3.8, 4) is 5.75 Å². The van der Waals surface area contributed by atoms with Gasteiger partial charge in [-0.15, -0.1) is 0 Å². The maximum absolute atomic E-state index is 13.8. The van der Waals surface area contributed by atoms with Crippen LogP contribution < -0.4 is 4.74 Å². The van der Waals surface area contributed by atoms with Crippen molar-refractivity contribution in [2.45, 2.75) is 26.2 Å². The fourth-order valence-electron chi connectivity index (χ4n) is 6.07. The van der Waals surface area contributed by atoms with E-state index in [-0.39, 0.29) is 11.2 Å². The van der Waals surface area contributed by atoms with Crippen LogP contribution >= 0.6 is 0 Å². The van der Waals surface area contributed by atoms with Gasteiger partial charge in [0.15, 0.2) is 12.3 Å². The molecule has 5 nitrogen and oxygen atoms in total. The number of allylic oxidation sites excluding steroid dienone is 3. The van der Waals surface area contributed by atoms with Crippen molar-refractivity contribution in [3.05, 3.63) is 113 Å². The zero-order valence-electron chi connectivity index (χ0n) is 23.1. The highest BCUT2D eigenvalue weighted by molar-refractivity contribution is 6.41. The molecule has 39 heavy (non-hydrogen) atoms. The molecular formula is C34H33N2O3+. The summed E-state index contributed by atoms with van der Waals surface area (Å²) in [7, 11) is 3.69. The first-order chi connectivity index (χ1) is 18.8. The molecule has 0 amide bonds. The van der Waals surface area contributed by atoms with Crippen molar-refractivity contribution in [1.82, 2.24) is 4.57 Å². The van der Waals surface area contributed by atoms with Gasteiger partial charge in [0, 0.05) is 46.9 Å². The maximum Gasteiger partial charge on any atom is 0.209 e. The second kappa shape index (κ2) is 9.42. The number of rotatable bonds is 7. The van der Waals surface area contributed by atoms with Crippen molar-refractivity contribution in [2.24, 2.45) is 7.05 Å². The summed E-state index contributed by atoms with van der Waals surface area (Å²) in [6.45, 7) is 7.66. The SMILES string of the molecule is COC1=C(c2c(C)n(C)c3ccccc23)C(=O)/C1=C\C1=[N+](CCOc2ccccc2)c2ccccc2C1(C)C. The highest BCUT2D eigenvalue weighted by Crippen LogP contribution is 2.45. The van der Waals surface area contributed by atoms with Gasteiger partial charge in [0.05, 0.1) is 23.7 Å². The zero-order chi connectivity index (χ0) is 27.3. The van der Waals surface area contributed by atoms with Gasteiger partial charge >= 0.3 is 0 Å². The third kappa shape index (κ3) is 3.84. The second-order valence-corrected chi connectivity index (χ2v) is 10.7. The zero-order valence-corrected chi connectivity index (χ0v) is 23.1. The number of para-hydroxylation sites is 3. The molecule has 1 aliphatic heterocycles. The molecule has 0 atom stereocenters. The lowest BCUT2D eigenvalue weighted by atomic mass is 9.77. The normalized spacial score (nSPS) is 17.2. The third-order valence-corrected chi connectivity index (χ3v) is 8.20. The number of ketones is 1. The quantitative estimate of drug-likeness (QED) is 0.207. The van der Waals surface area contributed by atoms with E-state index in [1.54, 1.807) is 7.11 Å². The van der Waals surface area contributed by atoms with Crippen LogP contribution in [0.2, 0.25) is 0 Å². The van der Waals surface area contributed by atoms with E-state index in [1.165, 1.54) is 5.56 Å². The van der Waals surface area contributed by atoms with E-state index in [9.17, 15) is 4.79 Å². The fourth-order valence-corrected chi connectivity index (χ4v) is 6.07. The summed E-state index contributed by atoms with van der Waals surface area (Å²) in [6.07, 6.45) is 2.04. The first-order valence-corrected chi connectivity index (χ1v) is 13.4. The van der Waals surface area contributed by atoms with Crippen molar-refractivity contribution < 1.29 is 18.8 Å². The molecule has 3 aromatic carbocycles. The van der Waals surface area contributed by atoms with E-state index in [4.69, 9.17) is 9.47 Å². The average molecular weight is 518 g/mol. The van der Waals surface area contributed by atoms with E-state index < -0.39 is 0 Å². The molecule has 0 fully saturated rings. The number of benzene rings is 3. The Kier molecular flexibility index (Phi) is 6.02. The summed E-state index contributed by atoms with van der Waals surface area (Å²) >= 11 is 0. The molecule has 5 heteroatoms. The minimum absolute atomic E-state index is 0.0195. The van der Waals surface area contributed by atoms with Gasteiger partial charge in [-0.2, -0.15) is 4.58 Å². The van der Waals surface area contributed by atoms with Gasteiger partial charge in [-0.05, 0) is 39.0 Å². The molecule has 4 aromatic rings. The van der Waals surface area contributed by atoms with E-state index in [2.05, 4.69) is 66.3 Å². The number of hydrogen-bond acceptors (Lipinski definition) is 3. The number of carbonyl (C=O) groups is 1. The number of aromatic nitrogens is 1. The number of hydrogen-bond donors (Lipinski definition) is 0. The Bertz CT molecular complexity index is 1720. The summed E-state index contributed by atoms with van der Waals surface area (Å²) in [5.74, 6) is 1.52. The standard InChI is InChI=1S/C34H33N2O3/c1-22-30(24-15-9-11-17-27(24)35(22)4)31-32(37)25(33(31)38-5)21-29-34(2,3)26-16-10-12-18-28(26)36(29)19-20-39-23-13-7-6-8-14-23/h6-18,21H,19-20H2,1-5H3/q+1. The summed E-state index contributed by atoms with van der Waals surface area (Å²) in [6, 6.07) is 26.5. The Morgan fingerprint density at radius 3 is 2.41 bits per heavy atom. The molecule has 1 aromatic heterocycles. The molecular weight excluding hydrogens is 484 g/mol. The Morgan fingerprint density at radius 2 is 1.64 bits per heavy atom. The lowest BCUT2D eigenvalue weighted by molar-refractivity contribution is -0.439. The van der Waals surface area contributed by atoms with Crippen molar-refractivity contribution in [2.75, 3.05) is 20.3 Å². The van der Waals surface area contributed by atoms with Crippen molar-refractivity contribution >= 4 is 33.7 Å². The van der Waals surface area contributed by atoms with Gasteiger partial charge in [0.1, 0.15) is 18.1 Å². The smallest absolute Gasteiger partial charge is 0.209 e. The van der Waals surface area contributed by atoms with E-state index in [0.717, 1.165) is 39.3 Å². The Hall–Kier alpha value is -4.38. The van der Waals surface area contributed by atoms with Crippen LogP contribution in [-0.2, 0) is 22.0 Å². The molecule has 196 valence electrons. The lowest BCUT2D eigenvalue weighted by Gasteiger charge is -2.26. The summed E-state index contributed by atoms with van der Waals surface area (Å²) in [4.78, 5) is 13.8. The molecule has 0 radical (unpaired) electrons. The Balaban J connectivity index is 1.44. The van der Waals surface area contributed by atoms with E-state index in [0.29, 0.717) is 30.1 Å². The molecule has 0 unspecified atom stereocenters. The lowest BCUT2D eigenvalue weighted by Crippen LogP contribution is -2.32. The molecule has 2 heterocycles. The summed E-state index contributed by atoms with van der Waals surface area (Å²) in [5.41, 5.74) is 7.53. The minimum Gasteiger partial charge on any atom is -0.495 e. The van der Waals surface area contributed by atoms with Crippen LogP contribution in [-0.4, -0.2) is 40.9 Å². The van der Waals surface area contributed by atoms with Gasteiger partial charge in [-0.3, -0.25) is 4.79 Å². The molecule has 0 bridgehead atoms. The number of ether oxygens (including phenoxy) is 2. The van der Waals surface area contributed by atoms with Crippen molar-refractivity contribution in [3.63, 3.8) is 0 Å². The Morgan fingerprint density at radius 1 is 0.949 bits per heavy atom. The number of fused-ring (bicyclic) bond motifs is 2. The number of nitrogens with zero attached hydrogens (tertiary/aromatic N) is 2. The monoisotopic (exact) mass is 517 g/mol. The summed E-state index contributed by atoms with van der Waals surface area (Å²) in [5, 5.41) is 1.07. The third-order valence-electron chi connectivity index (χ3n) is 8.20. The molecule has 0 N–H and O–H groups in total. The summed E-state index contributed by atoms with van der Waals surface area (Å²) < 4.78 is 16.4. The van der Waals surface area contributed by atoms with Gasteiger partial charge < -0.3 is 14.0 Å². The molecule has 1 aliphatic carbocycles. The topological polar surface area (TPSA) is 43.5 Å². The first kappa shape index (κ1) is 24.9. The second-order valence-electron chi connectivity index (χ2n) is 10.7. The van der Waals surface area contributed by atoms with Crippen LogP contribution in [0.4, 0.5) is 5.69 Å². The van der Waals surface area contributed by atoms with Gasteiger partial charge in [0.25, 0.3) is 0 Å². The molecule has 0 saturated heterocycles. The molecule has 0 saturated carbocycles. The van der Waals surface area contributed by atoms with Gasteiger partial charge in [-0.25, -0.2) is 0 Å². The number of aryl methyl sites for hydroxylation is 1. The van der Waals surface area contributed by atoms with Gasteiger partial charge in [0.2, 0.25) is 11.5 Å². The van der Waals surface area contributed by atoms with Crippen LogP contribution in [0.15, 0.2) is 96.3 Å². The highest BCUT2D eigenvalue weighted by atomic mass is 16.5. The Labute approximate surface area is 229 Å². The number of Topliss-reactive ketones (excluding diaryl/α,β-unsaturated/α-hetero) is 1.